The summed E-state index contributed by atoms with van der Waals surface area (Å²) in [7, 11) is 0. The van der Waals surface area contributed by atoms with Crippen molar-refractivity contribution in [3.05, 3.63) is 100 Å². The van der Waals surface area contributed by atoms with Crippen molar-refractivity contribution in [2.45, 2.75) is 12.1 Å². The number of anilines is 1. The fourth-order valence-electron chi connectivity index (χ4n) is 4.17. The molecule has 2 aromatic carbocycles. The van der Waals surface area contributed by atoms with Crippen LogP contribution in [-0.4, -0.2) is 25.2 Å². The summed E-state index contributed by atoms with van der Waals surface area (Å²) >= 11 is 6.30. The summed E-state index contributed by atoms with van der Waals surface area (Å²) in [6.07, 6.45) is 2.74. The molecule has 2 aliphatic rings. The molecule has 0 radical (unpaired) electrons. The average Bonchev–Trinajstić information content (AvgIpc) is 3.27. The zero-order chi connectivity index (χ0) is 20.9. The van der Waals surface area contributed by atoms with Crippen LogP contribution in [0.25, 0.3) is 5.70 Å². The van der Waals surface area contributed by atoms with Crippen molar-refractivity contribution >= 4 is 23.2 Å². The zero-order valence-electron chi connectivity index (χ0n) is 15.9. The van der Waals surface area contributed by atoms with Gasteiger partial charge in [0.2, 0.25) is 5.95 Å². The number of hydrogen-bond acceptors (Lipinski definition) is 6. The van der Waals surface area contributed by atoms with E-state index in [1.54, 1.807) is 47.4 Å². The quantitative estimate of drug-likeness (QED) is 0.505. The second-order valence-corrected chi connectivity index (χ2v) is 7.69. The van der Waals surface area contributed by atoms with E-state index in [9.17, 15) is 4.39 Å². The molecule has 0 amide bonds. The van der Waals surface area contributed by atoms with E-state index in [1.807, 2.05) is 18.2 Å². The van der Waals surface area contributed by atoms with Crippen molar-refractivity contribution in [3.63, 3.8) is 0 Å². The maximum atomic E-state index is 14.9. The number of ether oxygens (including phenoxy) is 1. The van der Waals surface area contributed by atoms with Crippen LogP contribution in [0.1, 0.15) is 28.8 Å². The highest BCUT2D eigenvalue weighted by atomic mass is 35.5. The van der Waals surface area contributed by atoms with Gasteiger partial charge in [-0.25, -0.2) is 4.39 Å². The number of tetrazole rings is 1. The number of aromatic nitrogens is 5. The number of pyridine rings is 1. The summed E-state index contributed by atoms with van der Waals surface area (Å²) < 4.78 is 23.0. The number of rotatable bonds is 2. The van der Waals surface area contributed by atoms with Crippen LogP contribution in [0.4, 0.5) is 10.3 Å². The van der Waals surface area contributed by atoms with Crippen LogP contribution in [0.2, 0.25) is 5.02 Å². The van der Waals surface area contributed by atoms with Gasteiger partial charge in [-0.15, -0.1) is 0 Å². The van der Waals surface area contributed by atoms with Crippen LogP contribution in [0.3, 0.4) is 0 Å². The predicted molar refractivity (Wildman–Crippen MR) is 112 cm³/mol. The maximum absolute atomic E-state index is 14.9. The largest absolute Gasteiger partial charge is 0.480 e. The summed E-state index contributed by atoms with van der Waals surface area (Å²) in [5.41, 5.74) is 3.54. The molecule has 0 saturated carbocycles. The first-order valence-electron chi connectivity index (χ1n) is 9.60. The van der Waals surface area contributed by atoms with Gasteiger partial charge in [0.15, 0.2) is 6.10 Å². The predicted octanol–water partition coefficient (Wildman–Crippen LogP) is 4.42. The molecule has 0 spiro atoms. The Hall–Kier alpha value is -3.78. The standard InChI is InChI=1S/C22H14ClFN6O/c23-13-7-8-17-15(10-13)19-18(21(31-17)14-5-1-2-6-16(14)24)20(12-4-3-9-25-11-12)30-22(26-19)27-28-29-30/h1-11,20-21H,(H,26,27,29). The van der Waals surface area contributed by atoms with E-state index in [2.05, 4.69) is 25.8 Å². The molecule has 2 aliphatic heterocycles. The highest BCUT2D eigenvalue weighted by molar-refractivity contribution is 6.30. The van der Waals surface area contributed by atoms with Gasteiger partial charge in [0.25, 0.3) is 0 Å². The molecule has 0 saturated heterocycles. The van der Waals surface area contributed by atoms with E-state index in [0.29, 0.717) is 22.3 Å². The van der Waals surface area contributed by atoms with Gasteiger partial charge in [-0.3, -0.25) is 4.98 Å². The van der Waals surface area contributed by atoms with Crippen molar-refractivity contribution in [3.8, 4) is 5.75 Å². The van der Waals surface area contributed by atoms with Gasteiger partial charge in [0.1, 0.15) is 17.6 Å². The van der Waals surface area contributed by atoms with Crippen molar-refractivity contribution in [1.29, 1.82) is 0 Å². The highest BCUT2D eigenvalue weighted by Crippen LogP contribution is 2.51. The Kier molecular flexibility index (Phi) is 4.00. The summed E-state index contributed by atoms with van der Waals surface area (Å²) in [4.78, 5) is 4.27. The molecule has 0 aliphatic carbocycles. The number of halogens is 2. The Morgan fingerprint density at radius 3 is 2.84 bits per heavy atom. The van der Waals surface area contributed by atoms with Gasteiger partial charge in [0.05, 0.1) is 5.70 Å². The molecule has 9 heteroatoms. The second-order valence-electron chi connectivity index (χ2n) is 7.25. The van der Waals surface area contributed by atoms with E-state index in [4.69, 9.17) is 16.3 Å². The van der Waals surface area contributed by atoms with E-state index in [0.717, 1.165) is 22.4 Å². The van der Waals surface area contributed by atoms with Crippen LogP contribution < -0.4 is 10.1 Å². The minimum atomic E-state index is -0.708. The average molecular weight is 433 g/mol. The molecule has 2 atom stereocenters. The Bertz CT molecular complexity index is 1340. The van der Waals surface area contributed by atoms with Gasteiger partial charge >= 0.3 is 0 Å². The van der Waals surface area contributed by atoms with E-state index < -0.39 is 12.1 Å². The molecule has 4 aromatic rings. The van der Waals surface area contributed by atoms with Gasteiger partial charge < -0.3 is 10.1 Å². The summed E-state index contributed by atoms with van der Waals surface area (Å²) in [6.45, 7) is 0. The number of hydrogen-bond donors (Lipinski definition) is 1. The van der Waals surface area contributed by atoms with Gasteiger partial charge in [-0.05, 0) is 46.3 Å². The molecule has 31 heavy (non-hydrogen) atoms. The molecule has 1 N–H and O–H groups in total. The molecule has 0 fully saturated rings. The van der Waals surface area contributed by atoms with Crippen LogP contribution in [0.15, 0.2) is 72.6 Å². The summed E-state index contributed by atoms with van der Waals surface area (Å²) in [6, 6.07) is 15.3. The lowest BCUT2D eigenvalue weighted by atomic mass is 9.85. The van der Waals surface area contributed by atoms with E-state index >= 15 is 0 Å². The third kappa shape index (κ3) is 2.79. The summed E-state index contributed by atoms with van der Waals surface area (Å²) in [5.74, 6) is 0.701. The lowest BCUT2D eigenvalue weighted by molar-refractivity contribution is 0.217. The molecule has 4 heterocycles. The molecule has 152 valence electrons. The van der Waals surface area contributed by atoms with Gasteiger partial charge in [0, 0.05) is 34.1 Å². The maximum Gasteiger partial charge on any atom is 0.248 e. The van der Waals surface area contributed by atoms with Crippen molar-refractivity contribution in [1.82, 2.24) is 25.2 Å². The SMILES string of the molecule is Fc1ccccc1C1Oc2ccc(Cl)cc2C2=C1C(c1cccnc1)n1nnnc1N2. The van der Waals surface area contributed by atoms with Crippen LogP contribution in [0.5, 0.6) is 5.75 Å². The molecule has 0 bridgehead atoms. The fourth-order valence-corrected chi connectivity index (χ4v) is 4.34. The number of nitrogens with zero attached hydrogens (tertiary/aromatic N) is 5. The van der Waals surface area contributed by atoms with E-state index in [1.165, 1.54) is 6.07 Å². The highest BCUT2D eigenvalue weighted by Gasteiger charge is 2.42. The van der Waals surface area contributed by atoms with Crippen molar-refractivity contribution in [2.24, 2.45) is 0 Å². The third-order valence-electron chi connectivity index (χ3n) is 5.48. The van der Waals surface area contributed by atoms with Crippen molar-refractivity contribution < 1.29 is 9.13 Å². The van der Waals surface area contributed by atoms with Gasteiger partial charge in [-0.2, -0.15) is 4.68 Å². The van der Waals surface area contributed by atoms with Crippen LogP contribution in [0, 0.1) is 5.82 Å². The first kappa shape index (κ1) is 18.0. The number of fused-ring (bicyclic) bond motifs is 3. The summed E-state index contributed by atoms with van der Waals surface area (Å²) in [5, 5.41) is 16.0. The van der Waals surface area contributed by atoms with Crippen molar-refractivity contribution in [2.75, 3.05) is 5.32 Å². The smallest absolute Gasteiger partial charge is 0.248 e. The molecule has 7 nitrogen and oxygen atoms in total. The topological polar surface area (TPSA) is 77.8 Å². The second kappa shape index (κ2) is 6.88. The first-order valence-corrected chi connectivity index (χ1v) is 9.98. The molecule has 2 aromatic heterocycles. The molecule has 2 unspecified atom stereocenters. The third-order valence-corrected chi connectivity index (χ3v) is 5.72. The fraction of sp³-hybridized carbons (Fsp3) is 0.0909. The number of nitrogens with one attached hydrogen (secondary N) is 1. The Morgan fingerprint density at radius 2 is 2.00 bits per heavy atom. The lowest BCUT2D eigenvalue weighted by Gasteiger charge is -2.38. The first-order chi connectivity index (χ1) is 15.2. The minimum Gasteiger partial charge on any atom is -0.480 e. The Balaban J connectivity index is 1.66. The molecular weight excluding hydrogens is 419 g/mol. The van der Waals surface area contributed by atoms with Crippen LogP contribution >= 0.6 is 11.6 Å². The number of benzene rings is 2. The lowest BCUT2D eigenvalue weighted by Crippen LogP contribution is -2.32. The Morgan fingerprint density at radius 1 is 1.10 bits per heavy atom. The van der Waals surface area contributed by atoms with E-state index in [-0.39, 0.29) is 5.82 Å². The molecular formula is C22H14ClFN6O. The molecule has 6 rings (SSSR count). The normalized spacial score (nSPS) is 19.0. The van der Waals surface area contributed by atoms with Gasteiger partial charge in [-0.1, -0.05) is 41.0 Å². The minimum absolute atomic E-state index is 0.357. The monoisotopic (exact) mass is 432 g/mol. The zero-order valence-corrected chi connectivity index (χ0v) is 16.7. The van der Waals surface area contributed by atoms with Crippen LogP contribution in [-0.2, 0) is 0 Å². The Labute approximate surface area is 181 Å².